The molecule has 2 heterocycles. The number of anilines is 1. The van der Waals surface area contributed by atoms with Crippen molar-refractivity contribution in [3.8, 4) is 22.8 Å². The standard InChI is InChI=1S/C16H13N3O2/c1-9-12-6-14-15(21-8-20-14)7-13(12)16(19-18-9)10-2-4-11(17)5-3-10/h2-7H,8,17H2,1H3. The Bertz CT molecular complexity index is 844. The van der Waals surface area contributed by atoms with E-state index in [0.29, 0.717) is 0 Å². The molecule has 5 nitrogen and oxygen atoms in total. The molecule has 104 valence electrons. The van der Waals surface area contributed by atoms with Crippen LogP contribution in [0.5, 0.6) is 11.5 Å². The average molecular weight is 279 g/mol. The lowest BCUT2D eigenvalue weighted by molar-refractivity contribution is 0.174. The van der Waals surface area contributed by atoms with Crippen LogP contribution >= 0.6 is 0 Å². The number of ether oxygens (including phenoxy) is 2. The lowest BCUT2D eigenvalue weighted by Gasteiger charge is -2.08. The quantitative estimate of drug-likeness (QED) is 0.693. The molecule has 0 unspecified atom stereocenters. The minimum Gasteiger partial charge on any atom is -0.454 e. The molecule has 0 atom stereocenters. The number of aromatic nitrogens is 2. The highest BCUT2D eigenvalue weighted by atomic mass is 16.7. The first-order valence-electron chi connectivity index (χ1n) is 6.65. The van der Waals surface area contributed by atoms with Crippen LogP contribution in [-0.4, -0.2) is 17.0 Å². The summed E-state index contributed by atoms with van der Waals surface area (Å²) in [5, 5.41) is 10.6. The zero-order chi connectivity index (χ0) is 14.4. The van der Waals surface area contributed by atoms with Crippen molar-refractivity contribution >= 4 is 16.5 Å². The molecule has 1 aromatic heterocycles. The van der Waals surface area contributed by atoms with Gasteiger partial charge < -0.3 is 15.2 Å². The van der Waals surface area contributed by atoms with Crippen LogP contribution in [0.4, 0.5) is 5.69 Å². The van der Waals surface area contributed by atoms with Gasteiger partial charge in [-0.25, -0.2) is 0 Å². The fourth-order valence-corrected chi connectivity index (χ4v) is 2.52. The van der Waals surface area contributed by atoms with Gasteiger partial charge in [0.1, 0.15) is 5.69 Å². The molecule has 2 aromatic carbocycles. The summed E-state index contributed by atoms with van der Waals surface area (Å²) in [7, 11) is 0. The highest BCUT2D eigenvalue weighted by Crippen LogP contribution is 2.39. The Labute approximate surface area is 121 Å². The van der Waals surface area contributed by atoms with Crippen LogP contribution in [0.1, 0.15) is 5.69 Å². The van der Waals surface area contributed by atoms with Crippen molar-refractivity contribution in [2.75, 3.05) is 12.5 Å². The minimum absolute atomic E-state index is 0.253. The molecule has 0 saturated carbocycles. The third-order valence-corrected chi connectivity index (χ3v) is 3.64. The Morgan fingerprint density at radius 1 is 0.952 bits per heavy atom. The fourth-order valence-electron chi connectivity index (χ4n) is 2.52. The molecular weight excluding hydrogens is 266 g/mol. The van der Waals surface area contributed by atoms with Crippen molar-refractivity contribution in [2.45, 2.75) is 6.92 Å². The highest BCUT2D eigenvalue weighted by Gasteiger charge is 2.18. The number of nitrogens with two attached hydrogens (primary N) is 1. The molecule has 0 aliphatic carbocycles. The maximum Gasteiger partial charge on any atom is 0.231 e. The zero-order valence-corrected chi connectivity index (χ0v) is 11.5. The van der Waals surface area contributed by atoms with Gasteiger partial charge in [-0.1, -0.05) is 12.1 Å². The van der Waals surface area contributed by atoms with E-state index in [1.807, 2.05) is 43.3 Å². The minimum atomic E-state index is 0.253. The number of rotatable bonds is 1. The van der Waals surface area contributed by atoms with Crippen molar-refractivity contribution < 1.29 is 9.47 Å². The van der Waals surface area contributed by atoms with E-state index in [0.717, 1.165) is 44.9 Å². The molecule has 0 fully saturated rings. The third-order valence-electron chi connectivity index (χ3n) is 3.64. The van der Waals surface area contributed by atoms with Gasteiger partial charge in [0.2, 0.25) is 6.79 Å². The predicted octanol–water partition coefficient (Wildman–Crippen LogP) is 2.92. The summed E-state index contributed by atoms with van der Waals surface area (Å²) in [5.74, 6) is 1.49. The van der Waals surface area contributed by atoms with Gasteiger partial charge >= 0.3 is 0 Å². The van der Waals surface area contributed by atoms with Gasteiger partial charge in [-0.3, -0.25) is 0 Å². The van der Waals surface area contributed by atoms with E-state index >= 15 is 0 Å². The van der Waals surface area contributed by atoms with Crippen LogP contribution in [0.25, 0.3) is 22.0 Å². The predicted molar refractivity (Wildman–Crippen MR) is 80.2 cm³/mol. The second kappa shape index (κ2) is 4.34. The Kier molecular flexibility index (Phi) is 2.47. The maximum absolute atomic E-state index is 5.74. The van der Waals surface area contributed by atoms with Crippen LogP contribution < -0.4 is 15.2 Å². The summed E-state index contributed by atoms with van der Waals surface area (Å²) in [6, 6.07) is 11.5. The fraction of sp³-hybridized carbons (Fsp3) is 0.125. The SMILES string of the molecule is Cc1nnc(-c2ccc(N)cc2)c2cc3c(cc12)OCO3. The van der Waals surface area contributed by atoms with E-state index < -0.39 is 0 Å². The van der Waals surface area contributed by atoms with E-state index in [1.54, 1.807) is 0 Å². The molecular formula is C16H13N3O2. The van der Waals surface area contributed by atoms with Crippen LogP contribution in [-0.2, 0) is 0 Å². The maximum atomic E-state index is 5.74. The first-order valence-corrected chi connectivity index (χ1v) is 6.65. The summed E-state index contributed by atoms with van der Waals surface area (Å²) < 4.78 is 10.9. The van der Waals surface area contributed by atoms with Gasteiger partial charge in [0.05, 0.1) is 5.69 Å². The summed E-state index contributed by atoms with van der Waals surface area (Å²) in [5.41, 5.74) is 9.12. The van der Waals surface area contributed by atoms with E-state index in [-0.39, 0.29) is 6.79 Å². The van der Waals surface area contributed by atoms with Crippen molar-refractivity contribution in [1.29, 1.82) is 0 Å². The van der Waals surface area contributed by atoms with Crippen LogP contribution in [0.2, 0.25) is 0 Å². The van der Waals surface area contributed by atoms with Crippen LogP contribution in [0.3, 0.4) is 0 Å². The molecule has 0 spiro atoms. The summed E-state index contributed by atoms with van der Waals surface area (Å²) in [4.78, 5) is 0. The molecule has 4 rings (SSSR count). The normalized spacial score (nSPS) is 12.8. The smallest absolute Gasteiger partial charge is 0.231 e. The second-order valence-corrected chi connectivity index (χ2v) is 5.01. The van der Waals surface area contributed by atoms with E-state index in [4.69, 9.17) is 15.2 Å². The van der Waals surface area contributed by atoms with Gasteiger partial charge in [0.25, 0.3) is 0 Å². The van der Waals surface area contributed by atoms with E-state index in [1.165, 1.54) is 0 Å². The molecule has 0 bridgehead atoms. The monoisotopic (exact) mass is 279 g/mol. The van der Waals surface area contributed by atoms with E-state index in [2.05, 4.69) is 10.2 Å². The third kappa shape index (κ3) is 1.86. The number of hydrogen-bond donors (Lipinski definition) is 1. The van der Waals surface area contributed by atoms with Crippen molar-refractivity contribution in [2.24, 2.45) is 0 Å². The Hall–Kier alpha value is -2.82. The number of aryl methyl sites for hydroxylation is 1. The molecule has 0 amide bonds. The van der Waals surface area contributed by atoms with Crippen molar-refractivity contribution in [3.63, 3.8) is 0 Å². The van der Waals surface area contributed by atoms with Crippen LogP contribution in [0, 0.1) is 6.92 Å². The number of nitrogens with zero attached hydrogens (tertiary/aromatic N) is 2. The highest BCUT2D eigenvalue weighted by molar-refractivity contribution is 5.97. The van der Waals surface area contributed by atoms with Crippen molar-refractivity contribution in [1.82, 2.24) is 10.2 Å². The number of fused-ring (bicyclic) bond motifs is 2. The van der Waals surface area contributed by atoms with Crippen molar-refractivity contribution in [3.05, 3.63) is 42.1 Å². The summed E-state index contributed by atoms with van der Waals surface area (Å²) >= 11 is 0. The molecule has 1 aliphatic heterocycles. The largest absolute Gasteiger partial charge is 0.454 e. The molecule has 1 aliphatic rings. The van der Waals surface area contributed by atoms with Gasteiger partial charge in [-0.2, -0.15) is 5.10 Å². The summed E-state index contributed by atoms with van der Waals surface area (Å²) in [6.45, 7) is 2.19. The van der Waals surface area contributed by atoms with E-state index in [9.17, 15) is 0 Å². The Morgan fingerprint density at radius 3 is 2.33 bits per heavy atom. The lowest BCUT2D eigenvalue weighted by atomic mass is 10.0. The first-order chi connectivity index (χ1) is 10.2. The van der Waals surface area contributed by atoms with Crippen LogP contribution in [0.15, 0.2) is 36.4 Å². The second-order valence-electron chi connectivity index (χ2n) is 5.01. The van der Waals surface area contributed by atoms with Gasteiger partial charge in [0.15, 0.2) is 11.5 Å². The van der Waals surface area contributed by atoms with Gasteiger partial charge in [-0.05, 0) is 31.2 Å². The first kappa shape index (κ1) is 12.0. The molecule has 5 heteroatoms. The topological polar surface area (TPSA) is 70.3 Å². The summed E-state index contributed by atoms with van der Waals surface area (Å²) in [6.07, 6.45) is 0. The van der Waals surface area contributed by atoms with Gasteiger partial charge in [0, 0.05) is 22.0 Å². The molecule has 0 radical (unpaired) electrons. The molecule has 2 N–H and O–H groups in total. The molecule has 0 saturated heterocycles. The zero-order valence-electron chi connectivity index (χ0n) is 11.5. The number of nitrogen functional groups attached to an aromatic ring is 1. The Balaban J connectivity index is 2.01. The number of benzene rings is 2. The molecule has 3 aromatic rings. The van der Waals surface area contributed by atoms with Gasteiger partial charge in [-0.15, -0.1) is 5.10 Å². The average Bonchev–Trinajstić information content (AvgIpc) is 2.95. The lowest BCUT2D eigenvalue weighted by Crippen LogP contribution is -1.94. The molecule has 21 heavy (non-hydrogen) atoms. The number of hydrogen-bond acceptors (Lipinski definition) is 5. The Morgan fingerprint density at radius 2 is 1.62 bits per heavy atom.